The number of aromatic amines is 4. The van der Waals surface area contributed by atoms with E-state index in [0.29, 0.717) is 145 Å². The van der Waals surface area contributed by atoms with Gasteiger partial charge in [0.15, 0.2) is 34.9 Å². The van der Waals surface area contributed by atoms with Crippen molar-refractivity contribution in [2.45, 2.75) is 142 Å². The number of carbonyl (C=O) groups is 4. The molecule has 0 spiro atoms. The quantitative estimate of drug-likeness (QED) is 0.0246. The Morgan fingerprint density at radius 3 is 1.50 bits per heavy atom. The lowest BCUT2D eigenvalue weighted by Gasteiger charge is -2.34. The van der Waals surface area contributed by atoms with Crippen molar-refractivity contribution >= 4 is 137 Å². The van der Waals surface area contributed by atoms with Crippen LogP contribution in [0.25, 0.3) is 89.7 Å². The number of halogens is 12. The zero-order chi connectivity index (χ0) is 86.6. The molecular weight excluding hydrogens is 1670 g/mol. The molecule has 8 N–H and O–H groups in total. The van der Waals surface area contributed by atoms with E-state index in [1.807, 2.05) is 24.5 Å². The van der Waals surface area contributed by atoms with Crippen LogP contribution in [-0.2, 0) is 19.2 Å². The molecule has 0 aromatic carbocycles. The van der Waals surface area contributed by atoms with Crippen LogP contribution in [0.1, 0.15) is 97.2 Å². The average Bonchev–Trinajstić information content (AvgIpc) is 1.65. The number of hydrogen-bond donors (Lipinski definition) is 8. The van der Waals surface area contributed by atoms with Crippen molar-refractivity contribution < 1.29 is 58.6 Å². The van der Waals surface area contributed by atoms with E-state index in [4.69, 9.17) is 46.4 Å². The number of likely N-dealkylation sites (N-methyl/N-ethyl adjacent to an activating group) is 1. The van der Waals surface area contributed by atoms with Gasteiger partial charge in [-0.2, -0.15) is 31.6 Å². The molecular formula is C80H89Cl4F8N25O4. The Kier molecular flexibility index (Phi) is 28.7. The number of alkyl halides is 7. The molecule has 3 aliphatic rings. The monoisotopic (exact) mass is 1760 g/mol. The second-order valence-corrected chi connectivity index (χ2v) is 30.8. The molecule has 6 atom stereocenters. The summed E-state index contributed by atoms with van der Waals surface area (Å²) in [6.07, 6.45) is 14.3. The molecule has 41 heteroatoms. The minimum absolute atomic E-state index is 0. The van der Waals surface area contributed by atoms with Crippen molar-refractivity contribution in [2.75, 3.05) is 65.4 Å². The first kappa shape index (κ1) is 88.5. The van der Waals surface area contributed by atoms with Crippen LogP contribution < -0.4 is 40.9 Å². The van der Waals surface area contributed by atoms with Gasteiger partial charge in [0.25, 0.3) is 0 Å². The molecule has 121 heavy (non-hydrogen) atoms. The number of rotatable bonds is 25. The molecule has 0 bridgehead atoms. The lowest BCUT2D eigenvalue weighted by Crippen LogP contribution is -2.52. The van der Waals surface area contributed by atoms with Gasteiger partial charge in [-0.25, -0.2) is 68.6 Å². The van der Waals surface area contributed by atoms with Gasteiger partial charge < -0.3 is 60.8 Å². The van der Waals surface area contributed by atoms with Crippen LogP contribution in [0, 0.1) is 29.0 Å². The van der Waals surface area contributed by atoms with E-state index >= 15 is 0 Å². The Balaban J connectivity index is 0.000000186. The number of anilines is 4. The van der Waals surface area contributed by atoms with Crippen molar-refractivity contribution in [1.82, 2.24) is 101 Å². The number of nitrogens with zero attached hydrogens (tertiary/aromatic N) is 17. The number of fused-ring (bicyclic) bond motifs is 4. The van der Waals surface area contributed by atoms with E-state index in [9.17, 15) is 59.6 Å². The Hall–Kier alpha value is -11.8. The molecule has 642 valence electrons. The molecule has 1 saturated carbocycles. The predicted molar refractivity (Wildman–Crippen MR) is 451 cm³/mol. The summed E-state index contributed by atoms with van der Waals surface area (Å²) in [6.45, 7) is 10.1. The molecule has 2 saturated heterocycles. The smallest absolute Gasteiger partial charge is 0.355 e. The summed E-state index contributed by atoms with van der Waals surface area (Å²) in [5.74, 6) is 0.443. The number of aromatic nitrogens is 16. The fraction of sp³-hybridized carbons (Fsp3) is 0.388. The summed E-state index contributed by atoms with van der Waals surface area (Å²) in [4.78, 5) is 121. The van der Waals surface area contributed by atoms with Gasteiger partial charge in [-0.3, -0.25) is 19.2 Å². The molecule has 0 radical (unpaired) electrons. The van der Waals surface area contributed by atoms with Crippen LogP contribution >= 0.6 is 46.4 Å². The first-order chi connectivity index (χ1) is 57.9. The zero-order valence-corrected chi connectivity index (χ0v) is 69.0. The summed E-state index contributed by atoms with van der Waals surface area (Å²) in [5.41, 5.74) is 5.23. The predicted octanol–water partition coefficient (Wildman–Crippen LogP) is 15.6. The first-order valence-electron chi connectivity index (χ1n) is 38.8. The number of hydrogen-bond acceptors (Lipinski definition) is 21. The highest BCUT2D eigenvalue weighted by molar-refractivity contribution is 6.32. The zero-order valence-electron chi connectivity index (χ0n) is 66.0. The van der Waals surface area contributed by atoms with Crippen molar-refractivity contribution in [2.24, 2.45) is 11.8 Å². The maximum Gasteiger partial charge on any atom is 0.405 e. The Labute approximate surface area is 711 Å². The van der Waals surface area contributed by atoms with E-state index in [1.165, 1.54) is 23.5 Å². The normalized spacial score (nSPS) is 16.3. The van der Waals surface area contributed by atoms with Gasteiger partial charge in [0.05, 0.1) is 38.9 Å². The molecule has 12 aromatic rings. The Morgan fingerprint density at radius 1 is 0.579 bits per heavy atom. The lowest BCUT2D eigenvalue weighted by molar-refractivity contribution is -0.139. The van der Waals surface area contributed by atoms with Gasteiger partial charge in [0.1, 0.15) is 89.5 Å². The number of amides is 4. The number of pyridine rings is 4. The highest BCUT2D eigenvalue weighted by atomic mass is 35.5. The van der Waals surface area contributed by atoms with Crippen LogP contribution in [0.5, 0.6) is 0 Å². The number of nitriles is 1. The van der Waals surface area contributed by atoms with Gasteiger partial charge in [-0.1, -0.05) is 80.5 Å². The van der Waals surface area contributed by atoms with E-state index in [-0.39, 0.29) is 46.6 Å². The molecule has 1 aliphatic carbocycles. The molecule has 29 nitrogen and oxygen atoms in total. The number of H-pyrrole nitrogens is 4. The summed E-state index contributed by atoms with van der Waals surface area (Å²) in [6, 6.07) is 11.0. The summed E-state index contributed by atoms with van der Waals surface area (Å²) < 4.78 is 104. The molecule has 4 amide bonds. The van der Waals surface area contributed by atoms with Gasteiger partial charge >= 0.3 is 12.4 Å². The van der Waals surface area contributed by atoms with Gasteiger partial charge in [-0.15, -0.1) is 0 Å². The van der Waals surface area contributed by atoms with Gasteiger partial charge in [0.2, 0.25) is 23.6 Å². The topological polar surface area (TPSA) is 371 Å². The van der Waals surface area contributed by atoms with E-state index in [2.05, 4.69) is 96.4 Å². The van der Waals surface area contributed by atoms with Crippen molar-refractivity contribution in [3.05, 3.63) is 143 Å². The number of nitrogens with one attached hydrogen (secondary N) is 8. The van der Waals surface area contributed by atoms with Crippen molar-refractivity contribution in [1.29, 1.82) is 5.26 Å². The highest BCUT2D eigenvalue weighted by Crippen LogP contribution is 2.38. The summed E-state index contributed by atoms with van der Waals surface area (Å²) in [7, 11) is 0. The Morgan fingerprint density at radius 2 is 1.04 bits per heavy atom. The minimum Gasteiger partial charge on any atom is -0.355 e. The molecule has 0 unspecified atom stereocenters. The summed E-state index contributed by atoms with van der Waals surface area (Å²) >= 11 is 24.3. The van der Waals surface area contributed by atoms with Gasteiger partial charge in [-0.05, 0) is 107 Å². The maximum atomic E-state index is 14.5. The van der Waals surface area contributed by atoms with Crippen LogP contribution in [0.15, 0.2) is 117 Å². The molecule has 2 aliphatic heterocycles. The average molecular weight is 1760 g/mol. The van der Waals surface area contributed by atoms with Crippen LogP contribution in [0.2, 0.25) is 20.1 Å². The number of carbonyl (C=O) groups excluding carboxylic acids is 4. The van der Waals surface area contributed by atoms with E-state index < -0.39 is 79.5 Å². The Bertz CT molecular complexity index is 5730. The standard InChI is InChI=1S/C22H26ClF3N6O.C20H20ClF3N6O.C20H20ClN7O.C18H17ClF2N6O.3H2/c1-4-5-8-32(18(13(2)3)21(33)30-12-22(24,25)26)17-6-7-27-20(31-17)16-11-29-19-15(16)9-14(23)10-28-19;1-11(19(31)28-10-20(22,23)24)30(9-12-2-3-12)16-4-5-25-18(29-16)15-8-27-17-14(15)6-13(21)7-26-17;1-2-6-24-20(29)16-4-3-13(9-22)28(16)17-5-7-23-19(27-17)15-11-26-18-14(15)8-12(21)10-25-18;1-2-22-18(28)14-4-10(20)8-27(14)17-13(21)7-25-16(26-17)12-6-24-15-11(12)3-9(19)5-23-15;;;/h6-7,9-11,13,18H,4-5,8,12H2,1-3H3,(H,28,29)(H,30,33);4-8,11-12H,2-3,9-10H2,1H3,(H,26,27)(H,28,31);5,7-8,10-11,13,16H,2-4,6H2,1H3,(H,24,29)(H,25,26);3,5-7,10,14H,2,4,8H2,1H3,(H,22,28)(H,23,24);3*1H/t18-;11-;13-,16-;10-,14+;;;/m1110.../s1. The molecule has 14 heterocycles. The van der Waals surface area contributed by atoms with Crippen molar-refractivity contribution in [3.63, 3.8) is 0 Å². The minimum atomic E-state index is -4.49. The highest BCUT2D eigenvalue weighted by Gasteiger charge is 2.42. The fourth-order valence-corrected chi connectivity index (χ4v) is 14.6. The van der Waals surface area contributed by atoms with Crippen LogP contribution in [0.3, 0.4) is 0 Å². The number of unbranched alkanes of at least 4 members (excludes halogenated alkanes) is 1. The lowest BCUT2D eigenvalue weighted by atomic mass is 10.0. The van der Waals surface area contributed by atoms with E-state index in [0.717, 1.165) is 60.0 Å². The van der Waals surface area contributed by atoms with Crippen LogP contribution in [0.4, 0.5) is 58.4 Å². The van der Waals surface area contributed by atoms with Gasteiger partial charge in [0, 0.05) is 149 Å². The van der Waals surface area contributed by atoms with E-state index in [1.54, 1.807) is 134 Å². The third kappa shape index (κ3) is 21.9. The third-order valence-corrected chi connectivity index (χ3v) is 20.8. The van der Waals surface area contributed by atoms with Crippen molar-refractivity contribution in [3.8, 4) is 51.6 Å². The third-order valence-electron chi connectivity index (χ3n) is 19.9. The SMILES string of the molecule is CCCCN(c1ccnc(-c2c[nH]c3ncc(Cl)cc23)n1)[C@@H](C(=O)NCC(F)(F)F)C(C)C.CCCNC(=O)[C@H]1CC[C@H](C#N)N1c1ccnc(-c2c[nH]c3ncc(Cl)cc23)n1.CCNC(=O)[C@H]1C[C@H](F)CN1c1nc(-c2c[nH]c3ncc(Cl)cc23)ncc1F.C[C@H](C(=O)NCC(F)(F)F)N(CC1CC1)c1ccnc(-c2c[nH]c3ncc(Cl)cc23)n1.[HH].[HH].[HH]. The van der Waals surface area contributed by atoms with Crippen LogP contribution in [-0.4, -0.2) is 198 Å². The largest absolute Gasteiger partial charge is 0.405 e. The maximum absolute atomic E-state index is 14.5. The fourth-order valence-electron chi connectivity index (χ4n) is 14.0. The second-order valence-electron chi connectivity index (χ2n) is 29.1. The molecule has 3 fully saturated rings. The molecule has 12 aromatic heterocycles. The summed E-state index contributed by atoms with van der Waals surface area (Å²) in [5, 5.41) is 24.0. The first-order valence-corrected chi connectivity index (χ1v) is 40.3. The molecule has 15 rings (SSSR count). The second kappa shape index (κ2) is 39.2.